The van der Waals surface area contributed by atoms with Crippen molar-refractivity contribution in [3.05, 3.63) is 44.8 Å². The van der Waals surface area contributed by atoms with E-state index in [9.17, 15) is 9.59 Å². The highest BCUT2D eigenvalue weighted by molar-refractivity contribution is 9.10. The number of aromatic carboxylic acids is 1. The first-order valence-electron chi connectivity index (χ1n) is 6.01. The molecule has 6 nitrogen and oxygen atoms in total. The summed E-state index contributed by atoms with van der Waals surface area (Å²) in [6, 6.07) is 4.21. The molecule has 0 aliphatic rings. The van der Waals surface area contributed by atoms with Crippen molar-refractivity contribution in [2.75, 3.05) is 11.9 Å². The van der Waals surface area contributed by atoms with Gasteiger partial charge in [-0.15, -0.1) is 11.3 Å². The first-order valence-corrected chi connectivity index (χ1v) is 7.74. The number of carboxylic acid groups (broad SMARTS) is 1. The van der Waals surface area contributed by atoms with Gasteiger partial charge in [0, 0.05) is 28.5 Å². The van der Waals surface area contributed by atoms with E-state index < -0.39 is 5.97 Å². The summed E-state index contributed by atoms with van der Waals surface area (Å²) < 4.78 is 0.462. The highest BCUT2D eigenvalue weighted by Gasteiger charge is 2.10. The Balaban J connectivity index is 1.87. The summed E-state index contributed by atoms with van der Waals surface area (Å²) in [6.07, 6.45) is 0.650. The Kier molecular flexibility index (Phi) is 5.29. The molecule has 0 aliphatic heterocycles. The molecule has 0 radical (unpaired) electrons. The predicted octanol–water partition coefficient (Wildman–Crippen LogP) is 2.97. The number of carbonyl (C=O) groups is 2. The number of amides is 2. The Morgan fingerprint density at radius 3 is 2.86 bits per heavy atom. The lowest BCUT2D eigenvalue weighted by Gasteiger charge is -2.08. The van der Waals surface area contributed by atoms with Gasteiger partial charge in [0.15, 0.2) is 0 Å². The summed E-state index contributed by atoms with van der Waals surface area (Å²) in [5, 5.41) is 16.2. The standard InChI is InChI=1S/C13H12BrN3O3S/c14-11-2-1-8(5-10(11)12(18)19)17-13(20)15-4-3-9-6-21-7-16-9/h1-2,5-7H,3-4H2,(H,18,19)(H2,15,17,20). The first-order chi connectivity index (χ1) is 10.1. The monoisotopic (exact) mass is 369 g/mol. The number of halogens is 1. The first kappa shape index (κ1) is 15.5. The van der Waals surface area contributed by atoms with Gasteiger partial charge in [0.25, 0.3) is 0 Å². The Bertz CT molecular complexity index is 646. The van der Waals surface area contributed by atoms with Crippen LogP contribution in [0, 0.1) is 0 Å². The van der Waals surface area contributed by atoms with Crippen LogP contribution in [-0.2, 0) is 6.42 Å². The topological polar surface area (TPSA) is 91.3 Å². The molecule has 0 fully saturated rings. The number of hydrogen-bond donors (Lipinski definition) is 3. The zero-order chi connectivity index (χ0) is 15.2. The fraction of sp³-hybridized carbons (Fsp3) is 0.154. The molecule has 0 atom stereocenters. The minimum absolute atomic E-state index is 0.0928. The number of urea groups is 1. The second-order valence-electron chi connectivity index (χ2n) is 4.11. The van der Waals surface area contributed by atoms with Gasteiger partial charge in [0.05, 0.1) is 16.8 Å². The molecule has 3 N–H and O–H groups in total. The number of aromatic nitrogens is 1. The van der Waals surface area contributed by atoms with E-state index in [1.807, 2.05) is 5.38 Å². The Morgan fingerprint density at radius 2 is 2.19 bits per heavy atom. The minimum Gasteiger partial charge on any atom is -0.478 e. The molecule has 1 aromatic heterocycles. The zero-order valence-corrected chi connectivity index (χ0v) is 13.2. The van der Waals surface area contributed by atoms with Crippen molar-refractivity contribution in [1.29, 1.82) is 0 Å². The van der Waals surface area contributed by atoms with E-state index in [-0.39, 0.29) is 11.6 Å². The number of carbonyl (C=O) groups excluding carboxylic acids is 1. The number of nitrogens with one attached hydrogen (secondary N) is 2. The van der Waals surface area contributed by atoms with Crippen molar-refractivity contribution < 1.29 is 14.7 Å². The predicted molar refractivity (Wildman–Crippen MR) is 83.9 cm³/mol. The van der Waals surface area contributed by atoms with E-state index in [0.717, 1.165) is 5.69 Å². The molecule has 0 aliphatic carbocycles. The van der Waals surface area contributed by atoms with Gasteiger partial charge in [-0.2, -0.15) is 0 Å². The molecular weight excluding hydrogens is 358 g/mol. The van der Waals surface area contributed by atoms with E-state index in [1.54, 1.807) is 17.6 Å². The lowest BCUT2D eigenvalue weighted by molar-refractivity contribution is 0.0696. The molecule has 2 amide bonds. The lowest BCUT2D eigenvalue weighted by atomic mass is 10.2. The molecule has 0 saturated heterocycles. The van der Waals surface area contributed by atoms with Crippen molar-refractivity contribution in [1.82, 2.24) is 10.3 Å². The molecule has 21 heavy (non-hydrogen) atoms. The van der Waals surface area contributed by atoms with Crippen molar-refractivity contribution >= 4 is 45.0 Å². The van der Waals surface area contributed by atoms with Crippen LogP contribution < -0.4 is 10.6 Å². The van der Waals surface area contributed by atoms with E-state index in [4.69, 9.17) is 5.11 Å². The summed E-state index contributed by atoms with van der Waals surface area (Å²) in [7, 11) is 0. The van der Waals surface area contributed by atoms with Gasteiger partial charge < -0.3 is 15.7 Å². The van der Waals surface area contributed by atoms with Gasteiger partial charge in [-0.1, -0.05) is 0 Å². The van der Waals surface area contributed by atoms with Crippen molar-refractivity contribution in [3.8, 4) is 0 Å². The number of anilines is 1. The van der Waals surface area contributed by atoms with Crippen molar-refractivity contribution in [2.45, 2.75) is 6.42 Å². The van der Waals surface area contributed by atoms with Gasteiger partial charge in [-0.25, -0.2) is 14.6 Å². The number of nitrogens with zero attached hydrogens (tertiary/aromatic N) is 1. The zero-order valence-electron chi connectivity index (χ0n) is 10.8. The van der Waals surface area contributed by atoms with E-state index >= 15 is 0 Å². The third-order valence-corrected chi connectivity index (χ3v) is 3.93. The fourth-order valence-electron chi connectivity index (χ4n) is 1.61. The molecule has 110 valence electrons. The third-order valence-electron chi connectivity index (χ3n) is 2.60. The van der Waals surface area contributed by atoms with Crippen LogP contribution in [0.3, 0.4) is 0 Å². The van der Waals surface area contributed by atoms with Crippen LogP contribution in [-0.4, -0.2) is 28.6 Å². The normalized spacial score (nSPS) is 10.1. The van der Waals surface area contributed by atoms with Crippen LogP contribution in [0.1, 0.15) is 16.1 Å². The highest BCUT2D eigenvalue weighted by atomic mass is 79.9. The maximum atomic E-state index is 11.7. The van der Waals surface area contributed by atoms with E-state index in [0.29, 0.717) is 23.1 Å². The molecule has 0 bridgehead atoms. The van der Waals surface area contributed by atoms with Crippen molar-refractivity contribution in [2.24, 2.45) is 0 Å². The smallest absolute Gasteiger partial charge is 0.336 e. The van der Waals surface area contributed by atoms with Crippen molar-refractivity contribution in [3.63, 3.8) is 0 Å². The minimum atomic E-state index is -1.06. The van der Waals surface area contributed by atoms with E-state index in [1.165, 1.54) is 17.4 Å². The fourth-order valence-corrected chi connectivity index (χ4v) is 2.62. The summed E-state index contributed by atoms with van der Waals surface area (Å²) in [5.74, 6) is -1.06. The number of hydrogen-bond acceptors (Lipinski definition) is 4. The molecule has 8 heteroatoms. The molecule has 0 saturated carbocycles. The van der Waals surface area contributed by atoms with Gasteiger partial charge >= 0.3 is 12.0 Å². The van der Waals surface area contributed by atoms with Crippen LogP contribution >= 0.6 is 27.3 Å². The molecule has 0 spiro atoms. The molecular formula is C13H12BrN3O3S. The third kappa shape index (κ3) is 4.54. The SMILES string of the molecule is O=C(NCCc1cscn1)Nc1ccc(Br)c(C(=O)O)c1. The average Bonchev–Trinajstić information content (AvgIpc) is 2.94. The number of benzene rings is 1. The molecule has 2 rings (SSSR count). The Labute approximate surface area is 133 Å². The second-order valence-corrected chi connectivity index (χ2v) is 5.68. The summed E-state index contributed by atoms with van der Waals surface area (Å²) in [4.78, 5) is 26.8. The van der Waals surface area contributed by atoms with E-state index in [2.05, 4.69) is 31.5 Å². The largest absolute Gasteiger partial charge is 0.478 e. The summed E-state index contributed by atoms with van der Waals surface area (Å²) in [5.41, 5.74) is 3.18. The quantitative estimate of drug-likeness (QED) is 0.755. The number of thiazole rings is 1. The highest BCUT2D eigenvalue weighted by Crippen LogP contribution is 2.21. The van der Waals surface area contributed by atoms with Crippen LogP contribution in [0.4, 0.5) is 10.5 Å². The maximum Gasteiger partial charge on any atom is 0.336 e. The van der Waals surface area contributed by atoms with Crippen LogP contribution in [0.2, 0.25) is 0 Å². The second kappa shape index (κ2) is 7.19. The van der Waals surface area contributed by atoms with Crippen LogP contribution in [0.5, 0.6) is 0 Å². The number of carboxylic acids is 1. The summed E-state index contributed by atoms with van der Waals surface area (Å²) in [6.45, 7) is 0.456. The van der Waals surface area contributed by atoms with Crippen LogP contribution in [0.15, 0.2) is 33.6 Å². The Morgan fingerprint density at radius 1 is 1.38 bits per heavy atom. The van der Waals surface area contributed by atoms with Gasteiger partial charge in [-0.3, -0.25) is 0 Å². The molecule has 1 aromatic carbocycles. The van der Waals surface area contributed by atoms with Crippen LogP contribution in [0.25, 0.3) is 0 Å². The Hall–Kier alpha value is -1.93. The van der Waals surface area contributed by atoms with Gasteiger partial charge in [0.2, 0.25) is 0 Å². The van der Waals surface area contributed by atoms with Gasteiger partial charge in [0.1, 0.15) is 0 Å². The maximum absolute atomic E-state index is 11.7. The molecule has 1 heterocycles. The van der Waals surface area contributed by atoms with Gasteiger partial charge in [-0.05, 0) is 34.1 Å². The average molecular weight is 370 g/mol. The molecule has 2 aromatic rings. The number of rotatable bonds is 5. The summed E-state index contributed by atoms with van der Waals surface area (Å²) >= 11 is 4.65. The lowest BCUT2D eigenvalue weighted by Crippen LogP contribution is -2.30. The molecule has 0 unspecified atom stereocenters.